The van der Waals surface area contributed by atoms with E-state index in [2.05, 4.69) is 58.7 Å². The van der Waals surface area contributed by atoms with Gasteiger partial charge in [-0.2, -0.15) is 0 Å². The molecule has 0 heterocycles. The molecule has 0 saturated heterocycles. The van der Waals surface area contributed by atoms with E-state index >= 15 is 0 Å². The van der Waals surface area contributed by atoms with E-state index in [0.29, 0.717) is 0 Å². The van der Waals surface area contributed by atoms with Gasteiger partial charge in [-0.15, -0.1) is 37.9 Å². The first-order valence-corrected chi connectivity index (χ1v) is 15.7. The summed E-state index contributed by atoms with van der Waals surface area (Å²) in [5, 5.41) is 26.3. The van der Waals surface area contributed by atoms with E-state index in [4.69, 9.17) is 30.0 Å². The largest absolute Gasteiger partial charge is 0.383 e. The number of rotatable bonds is 18. The lowest BCUT2D eigenvalue weighted by Crippen LogP contribution is -1.94. The molecule has 0 aromatic rings. The molecule has 34 heavy (non-hydrogen) atoms. The van der Waals surface area contributed by atoms with Crippen LogP contribution in [-0.4, -0.2) is 46.3 Å². The van der Waals surface area contributed by atoms with E-state index in [1.54, 1.807) is 0 Å². The molecule has 10 heteroatoms. The summed E-state index contributed by atoms with van der Waals surface area (Å²) in [5.74, 6) is 0. The minimum atomic E-state index is -2.62. The molecule has 0 radical (unpaired) electrons. The first kappa shape index (κ1) is 42.3. The molecule has 0 saturated carbocycles. The van der Waals surface area contributed by atoms with Crippen molar-refractivity contribution in [2.45, 2.75) is 153 Å². The Morgan fingerprint density at radius 3 is 0.765 bits per heavy atom. The lowest BCUT2D eigenvalue weighted by atomic mass is 10.1. The molecule has 0 aliphatic rings. The maximum atomic E-state index is 8.77. The highest BCUT2D eigenvalue weighted by molar-refractivity contribution is 7.81. The predicted octanol–water partition coefficient (Wildman–Crippen LogP) is 6.98. The van der Waals surface area contributed by atoms with Gasteiger partial charge in [0.05, 0.1) is 16.3 Å². The van der Waals surface area contributed by atoms with Crippen molar-refractivity contribution in [2.24, 2.45) is 0 Å². The normalized spacial score (nSPS) is 13.0. The third-order valence-electron chi connectivity index (χ3n) is 4.70. The minimum Gasteiger partial charge on any atom is -0.383 e. The molecule has 0 aliphatic carbocycles. The number of aliphatic hydroxyl groups is 3. The minimum absolute atomic E-state index is 0.401. The van der Waals surface area contributed by atoms with Crippen molar-refractivity contribution in [2.75, 3.05) is 0 Å². The first-order valence-electron chi connectivity index (χ1n) is 13.0. The molecular weight excluding hydrogens is 511 g/mol. The summed E-state index contributed by atoms with van der Waals surface area (Å²) >= 11 is 11.6. The van der Waals surface area contributed by atoms with E-state index in [1.807, 2.05) is 0 Å². The third kappa shape index (κ3) is 69.9. The molecule has 0 rings (SSSR count). The Bertz CT molecular complexity index is 284. The maximum absolute atomic E-state index is 8.77. The van der Waals surface area contributed by atoms with Crippen molar-refractivity contribution in [1.82, 2.24) is 0 Å². The zero-order chi connectivity index (χ0) is 27.0. The van der Waals surface area contributed by atoms with Gasteiger partial charge in [0.15, 0.2) is 0 Å². The average molecular weight is 569 g/mol. The van der Waals surface area contributed by atoms with E-state index in [1.165, 1.54) is 77.0 Å². The fourth-order valence-electron chi connectivity index (χ4n) is 2.79. The Hall–Kier alpha value is 1.24. The molecule has 6 N–H and O–H groups in total. The second-order valence-corrected chi connectivity index (χ2v) is 10.6. The third-order valence-corrected chi connectivity index (χ3v) is 5.47. The van der Waals surface area contributed by atoms with Crippen molar-refractivity contribution >= 4 is 46.5 Å². The summed E-state index contributed by atoms with van der Waals surface area (Å²) < 4.78 is 0. The van der Waals surface area contributed by atoms with Crippen LogP contribution in [0.25, 0.3) is 0 Å². The van der Waals surface area contributed by atoms with Gasteiger partial charge in [0.1, 0.15) is 0 Å². The van der Waals surface area contributed by atoms with Gasteiger partial charge in [0.25, 0.3) is 0 Å². The molecule has 0 fully saturated rings. The lowest BCUT2D eigenvalue weighted by Gasteiger charge is -2.01. The van der Waals surface area contributed by atoms with Crippen LogP contribution in [0.3, 0.4) is 0 Å². The van der Waals surface area contributed by atoms with Crippen LogP contribution in [0, 0.1) is 0 Å². The quantitative estimate of drug-likeness (QED) is 0.0381. The van der Waals surface area contributed by atoms with E-state index < -0.39 is 24.9 Å². The van der Waals surface area contributed by atoms with Gasteiger partial charge in [-0.3, -0.25) is 0 Å². The molecular formula is C24H57O6PS3. The van der Waals surface area contributed by atoms with Crippen LogP contribution in [-0.2, 0) is 0 Å². The highest BCUT2D eigenvalue weighted by atomic mass is 32.1. The molecule has 0 aliphatic heterocycles. The van der Waals surface area contributed by atoms with Crippen LogP contribution in [0.4, 0.5) is 0 Å². The lowest BCUT2D eigenvalue weighted by molar-refractivity contribution is 0.249. The van der Waals surface area contributed by atoms with Gasteiger partial charge in [0, 0.05) is 0 Å². The Morgan fingerprint density at radius 2 is 0.618 bits per heavy atom. The first-order chi connectivity index (χ1) is 16.0. The molecule has 0 amide bonds. The Labute approximate surface area is 228 Å². The average Bonchev–Trinajstić information content (AvgIpc) is 2.73. The Morgan fingerprint density at radius 1 is 0.441 bits per heavy atom. The highest BCUT2D eigenvalue weighted by Crippen LogP contribution is 2.12. The van der Waals surface area contributed by atoms with Gasteiger partial charge in [-0.05, 0) is 19.3 Å². The summed E-state index contributed by atoms with van der Waals surface area (Å²) in [4.78, 5) is 21.7. The molecule has 6 nitrogen and oxygen atoms in total. The van der Waals surface area contributed by atoms with Gasteiger partial charge in [-0.1, -0.05) is 117 Å². The fraction of sp³-hybridized carbons (Fsp3) is 1.00. The summed E-state index contributed by atoms with van der Waals surface area (Å²) in [5.41, 5.74) is -1.20. The Kier molecular flexibility index (Phi) is 48.3. The van der Waals surface area contributed by atoms with Crippen molar-refractivity contribution in [3.8, 4) is 0 Å². The molecule has 0 aromatic heterocycles. The molecule has 3 atom stereocenters. The van der Waals surface area contributed by atoms with E-state index in [0.717, 1.165) is 38.5 Å². The number of aliphatic hydroxyl groups excluding tert-OH is 3. The second kappa shape index (κ2) is 38.8. The van der Waals surface area contributed by atoms with E-state index in [9.17, 15) is 0 Å². The SMILES string of the molecule is CCCCCCCC(O)S.CCCCCCCC(O)S.CCCCCCCC(O)S.OP(O)O. The zero-order valence-corrected chi connectivity index (χ0v) is 25.5. The standard InChI is InChI=1S/3C8H18OS.H3O3P/c3*1-2-3-4-5-6-7-8(9)10;1-4(2)3/h3*8-10H,2-7H2,1H3;1-3H. The van der Waals surface area contributed by atoms with Gasteiger partial charge in [0.2, 0.25) is 0 Å². The van der Waals surface area contributed by atoms with Gasteiger partial charge < -0.3 is 30.0 Å². The summed E-state index contributed by atoms with van der Waals surface area (Å²) in [7, 11) is -2.62. The number of hydrogen-bond donors (Lipinski definition) is 9. The highest BCUT2D eigenvalue weighted by Gasteiger charge is 1.96. The smallest absolute Gasteiger partial charge is 0.324 e. The van der Waals surface area contributed by atoms with Crippen LogP contribution in [0.15, 0.2) is 0 Å². The van der Waals surface area contributed by atoms with Crippen LogP contribution < -0.4 is 0 Å². The monoisotopic (exact) mass is 568 g/mol. The van der Waals surface area contributed by atoms with Crippen molar-refractivity contribution < 1.29 is 30.0 Å². The van der Waals surface area contributed by atoms with Crippen molar-refractivity contribution in [3.63, 3.8) is 0 Å². The Balaban J connectivity index is -0.000000184. The molecule has 0 spiro atoms. The van der Waals surface area contributed by atoms with Gasteiger partial charge in [-0.25, -0.2) is 0 Å². The van der Waals surface area contributed by atoms with E-state index in [-0.39, 0.29) is 0 Å². The van der Waals surface area contributed by atoms with Crippen LogP contribution >= 0.6 is 46.5 Å². The number of hydrogen-bond acceptors (Lipinski definition) is 9. The van der Waals surface area contributed by atoms with Crippen LogP contribution in [0.5, 0.6) is 0 Å². The van der Waals surface area contributed by atoms with Crippen LogP contribution in [0.2, 0.25) is 0 Å². The maximum Gasteiger partial charge on any atom is 0.324 e. The predicted molar refractivity (Wildman–Crippen MR) is 159 cm³/mol. The summed E-state index contributed by atoms with van der Waals surface area (Å²) in [6.07, 6.45) is 21.3. The fourth-order valence-corrected chi connectivity index (χ4v) is 3.34. The van der Waals surface area contributed by atoms with Crippen molar-refractivity contribution in [3.05, 3.63) is 0 Å². The molecule has 0 bridgehead atoms. The molecule has 212 valence electrons. The van der Waals surface area contributed by atoms with Crippen molar-refractivity contribution in [1.29, 1.82) is 0 Å². The van der Waals surface area contributed by atoms with Gasteiger partial charge >= 0.3 is 8.60 Å². The zero-order valence-electron chi connectivity index (χ0n) is 21.9. The molecule has 3 unspecified atom stereocenters. The second-order valence-electron chi connectivity index (χ2n) is 8.32. The molecule has 0 aromatic carbocycles. The summed E-state index contributed by atoms with van der Waals surface area (Å²) in [6, 6.07) is 0. The van der Waals surface area contributed by atoms with Crippen LogP contribution in [0.1, 0.15) is 136 Å². The number of unbranched alkanes of at least 4 members (excludes halogenated alkanes) is 12. The topological polar surface area (TPSA) is 121 Å². The summed E-state index contributed by atoms with van der Waals surface area (Å²) in [6.45, 7) is 6.61. The number of thiol groups is 3.